The molecule has 0 radical (unpaired) electrons. The van der Waals surface area contributed by atoms with E-state index in [0.717, 1.165) is 5.75 Å². The van der Waals surface area contributed by atoms with Gasteiger partial charge in [-0.25, -0.2) is 4.79 Å². The third-order valence-corrected chi connectivity index (χ3v) is 3.23. The van der Waals surface area contributed by atoms with Crippen LogP contribution in [-0.4, -0.2) is 48.7 Å². The summed E-state index contributed by atoms with van der Waals surface area (Å²) in [6, 6.07) is -0.607. The highest BCUT2D eigenvalue weighted by Gasteiger charge is 2.28. The fourth-order valence-corrected chi connectivity index (χ4v) is 2.08. The van der Waals surface area contributed by atoms with Crippen LogP contribution in [0.2, 0.25) is 0 Å². The molecular weight excluding hydrogens is 278 g/mol. The van der Waals surface area contributed by atoms with E-state index in [1.165, 1.54) is 11.8 Å². The molecule has 118 valence electrons. The maximum atomic E-state index is 12.0. The van der Waals surface area contributed by atoms with Crippen molar-refractivity contribution in [1.29, 1.82) is 0 Å². The number of hydrogen-bond acceptors (Lipinski definition) is 5. The van der Waals surface area contributed by atoms with Crippen molar-refractivity contribution in [1.82, 2.24) is 5.32 Å². The summed E-state index contributed by atoms with van der Waals surface area (Å²) in [5.74, 6) is 0.508. The Balaban J connectivity index is 4.33. The minimum absolute atomic E-state index is 0.0159. The number of nitrogens with one attached hydrogen (secondary N) is 1. The first-order valence-corrected chi connectivity index (χ1v) is 7.91. The molecule has 0 unspecified atom stereocenters. The SMILES string of the molecule is COCCSCC(=O)N[C@@H](C(=O)OC(C)(C)C)C(C)C. The highest BCUT2D eigenvalue weighted by Crippen LogP contribution is 2.12. The third-order valence-electron chi connectivity index (χ3n) is 2.31. The van der Waals surface area contributed by atoms with Crippen molar-refractivity contribution in [2.45, 2.75) is 46.3 Å². The summed E-state index contributed by atoms with van der Waals surface area (Å²) in [5, 5.41) is 2.74. The average Bonchev–Trinajstić information content (AvgIpc) is 2.29. The van der Waals surface area contributed by atoms with Crippen LogP contribution in [0.25, 0.3) is 0 Å². The molecule has 0 rings (SSSR count). The molecule has 0 aliphatic rings. The van der Waals surface area contributed by atoms with Gasteiger partial charge in [0.2, 0.25) is 5.91 Å². The van der Waals surface area contributed by atoms with Crippen LogP contribution in [0.3, 0.4) is 0 Å². The lowest BCUT2D eigenvalue weighted by Gasteiger charge is -2.26. The van der Waals surface area contributed by atoms with Gasteiger partial charge in [-0.05, 0) is 26.7 Å². The molecule has 0 heterocycles. The van der Waals surface area contributed by atoms with Crippen LogP contribution in [0.1, 0.15) is 34.6 Å². The molecule has 0 aromatic rings. The molecule has 0 aromatic heterocycles. The number of esters is 1. The predicted molar refractivity (Wildman–Crippen MR) is 81.8 cm³/mol. The molecule has 6 heteroatoms. The Kier molecular flexibility index (Phi) is 8.89. The summed E-state index contributed by atoms with van der Waals surface area (Å²) in [6.45, 7) is 9.80. The van der Waals surface area contributed by atoms with Crippen LogP contribution < -0.4 is 5.32 Å². The average molecular weight is 305 g/mol. The van der Waals surface area contributed by atoms with Crippen LogP contribution in [0, 0.1) is 5.92 Å². The Morgan fingerprint density at radius 2 is 1.85 bits per heavy atom. The summed E-state index contributed by atoms with van der Waals surface area (Å²) in [4.78, 5) is 23.9. The van der Waals surface area contributed by atoms with E-state index >= 15 is 0 Å². The van der Waals surface area contributed by atoms with Gasteiger partial charge in [0, 0.05) is 12.9 Å². The molecule has 0 saturated carbocycles. The van der Waals surface area contributed by atoms with Crippen LogP contribution in [0.15, 0.2) is 0 Å². The number of methoxy groups -OCH3 is 1. The van der Waals surface area contributed by atoms with E-state index in [1.807, 2.05) is 34.6 Å². The summed E-state index contributed by atoms with van der Waals surface area (Å²) in [5.41, 5.74) is -0.553. The van der Waals surface area contributed by atoms with Crippen molar-refractivity contribution in [2.24, 2.45) is 5.92 Å². The smallest absolute Gasteiger partial charge is 0.329 e. The van der Waals surface area contributed by atoms with E-state index in [9.17, 15) is 9.59 Å². The van der Waals surface area contributed by atoms with Crippen LogP contribution >= 0.6 is 11.8 Å². The number of hydrogen-bond donors (Lipinski definition) is 1. The summed E-state index contributed by atoms with van der Waals surface area (Å²) < 4.78 is 10.2. The third kappa shape index (κ3) is 9.20. The van der Waals surface area contributed by atoms with Crippen molar-refractivity contribution in [3.8, 4) is 0 Å². The maximum Gasteiger partial charge on any atom is 0.329 e. The Labute approximate surface area is 126 Å². The van der Waals surface area contributed by atoms with Crippen molar-refractivity contribution in [2.75, 3.05) is 25.2 Å². The van der Waals surface area contributed by atoms with E-state index in [2.05, 4.69) is 5.32 Å². The van der Waals surface area contributed by atoms with Crippen molar-refractivity contribution < 1.29 is 19.1 Å². The minimum Gasteiger partial charge on any atom is -0.458 e. The van der Waals surface area contributed by atoms with Crippen LogP contribution in [0.5, 0.6) is 0 Å². The molecule has 1 atom stereocenters. The van der Waals surface area contributed by atoms with Crippen LogP contribution in [-0.2, 0) is 19.1 Å². The van der Waals surface area contributed by atoms with Gasteiger partial charge < -0.3 is 14.8 Å². The lowest BCUT2D eigenvalue weighted by atomic mass is 10.0. The molecule has 0 saturated heterocycles. The molecule has 5 nitrogen and oxygen atoms in total. The largest absolute Gasteiger partial charge is 0.458 e. The minimum atomic E-state index is -0.607. The topological polar surface area (TPSA) is 64.6 Å². The van der Waals surface area contributed by atoms with Gasteiger partial charge in [-0.15, -0.1) is 11.8 Å². The number of carbonyl (C=O) groups is 2. The van der Waals surface area contributed by atoms with Crippen LogP contribution in [0.4, 0.5) is 0 Å². The van der Waals surface area contributed by atoms with E-state index in [4.69, 9.17) is 9.47 Å². The Hall–Kier alpha value is -0.750. The molecular formula is C14H27NO4S. The van der Waals surface area contributed by atoms with E-state index in [-0.39, 0.29) is 17.8 Å². The van der Waals surface area contributed by atoms with E-state index < -0.39 is 11.6 Å². The van der Waals surface area contributed by atoms with E-state index in [0.29, 0.717) is 12.4 Å². The van der Waals surface area contributed by atoms with Gasteiger partial charge in [-0.1, -0.05) is 13.8 Å². The standard InChI is InChI=1S/C14H27NO4S/c1-10(2)12(13(17)19-14(3,4)5)15-11(16)9-20-8-7-18-6/h10,12H,7-9H2,1-6H3,(H,15,16)/t12-/m1/s1. The number of ether oxygens (including phenoxy) is 2. The summed E-state index contributed by atoms with van der Waals surface area (Å²) in [6.07, 6.45) is 0. The number of rotatable bonds is 8. The monoisotopic (exact) mass is 305 g/mol. The summed E-state index contributed by atoms with van der Waals surface area (Å²) in [7, 11) is 1.62. The molecule has 0 fully saturated rings. The van der Waals surface area contributed by atoms with Gasteiger partial charge in [0.05, 0.1) is 12.4 Å². The van der Waals surface area contributed by atoms with Gasteiger partial charge >= 0.3 is 5.97 Å². The Morgan fingerprint density at radius 3 is 2.30 bits per heavy atom. The van der Waals surface area contributed by atoms with Crippen molar-refractivity contribution in [3.05, 3.63) is 0 Å². The number of amides is 1. The fraction of sp³-hybridized carbons (Fsp3) is 0.857. The first-order chi connectivity index (χ1) is 9.17. The molecule has 0 bridgehead atoms. The van der Waals surface area contributed by atoms with Crippen molar-refractivity contribution in [3.63, 3.8) is 0 Å². The number of carbonyl (C=O) groups excluding carboxylic acids is 2. The second kappa shape index (κ2) is 9.23. The molecule has 0 aliphatic heterocycles. The number of thioether (sulfide) groups is 1. The highest BCUT2D eigenvalue weighted by molar-refractivity contribution is 7.99. The lowest BCUT2D eigenvalue weighted by molar-refractivity contribution is -0.159. The fourth-order valence-electron chi connectivity index (χ4n) is 1.39. The van der Waals surface area contributed by atoms with Gasteiger partial charge in [0.15, 0.2) is 0 Å². The quantitative estimate of drug-likeness (QED) is 0.547. The normalized spacial score (nSPS) is 13.2. The van der Waals surface area contributed by atoms with E-state index in [1.54, 1.807) is 7.11 Å². The first kappa shape index (κ1) is 19.2. The second-order valence-corrected chi connectivity index (χ2v) is 6.97. The first-order valence-electron chi connectivity index (χ1n) is 6.76. The van der Waals surface area contributed by atoms with Gasteiger partial charge in [-0.2, -0.15) is 0 Å². The van der Waals surface area contributed by atoms with Crippen molar-refractivity contribution >= 4 is 23.6 Å². The molecule has 1 amide bonds. The molecule has 0 aliphatic carbocycles. The second-order valence-electron chi connectivity index (χ2n) is 5.87. The zero-order valence-corrected chi connectivity index (χ0v) is 14.1. The molecule has 20 heavy (non-hydrogen) atoms. The predicted octanol–water partition coefficient (Wildman–Crippen LogP) is 1.85. The summed E-state index contributed by atoms with van der Waals surface area (Å²) >= 11 is 1.48. The van der Waals surface area contributed by atoms with Gasteiger partial charge in [0.25, 0.3) is 0 Å². The Morgan fingerprint density at radius 1 is 1.25 bits per heavy atom. The highest BCUT2D eigenvalue weighted by atomic mass is 32.2. The Bertz CT molecular complexity index is 313. The molecule has 0 spiro atoms. The van der Waals surface area contributed by atoms with Gasteiger partial charge in [-0.3, -0.25) is 4.79 Å². The maximum absolute atomic E-state index is 12.0. The zero-order valence-electron chi connectivity index (χ0n) is 13.3. The lowest BCUT2D eigenvalue weighted by Crippen LogP contribution is -2.47. The zero-order chi connectivity index (χ0) is 15.8. The molecule has 1 N–H and O–H groups in total. The van der Waals surface area contributed by atoms with Gasteiger partial charge in [0.1, 0.15) is 11.6 Å². The molecule has 0 aromatic carbocycles.